The fourth-order valence-electron chi connectivity index (χ4n) is 3.13. The summed E-state index contributed by atoms with van der Waals surface area (Å²) >= 11 is 0. The minimum Gasteiger partial charge on any atom is -0.398 e. The summed E-state index contributed by atoms with van der Waals surface area (Å²) in [6.07, 6.45) is 2.90. The number of aromatic nitrogens is 2. The van der Waals surface area contributed by atoms with Crippen LogP contribution in [-0.4, -0.2) is 29.1 Å². The van der Waals surface area contributed by atoms with Gasteiger partial charge in [0.25, 0.3) is 0 Å². The molecule has 1 aliphatic rings. The van der Waals surface area contributed by atoms with Gasteiger partial charge in [-0.2, -0.15) is 0 Å². The van der Waals surface area contributed by atoms with Gasteiger partial charge in [0.05, 0.1) is 5.56 Å². The van der Waals surface area contributed by atoms with Crippen LogP contribution in [0.2, 0.25) is 0 Å². The van der Waals surface area contributed by atoms with Gasteiger partial charge in [-0.1, -0.05) is 19.4 Å². The normalized spacial score (nSPS) is 17.5. The number of hydrogen-bond donors (Lipinski definition) is 3. The molecule has 1 aromatic carbocycles. The number of nitrogen functional groups attached to an aromatic ring is 2. The van der Waals surface area contributed by atoms with E-state index in [0.29, 0.717) is 17.2 Å². The van der Waals surface area contributed by atoms with Crippen LogP contribution in [0.4, 0.5) is 17.2 Å². The number of rotatable bonds is 4. The van der Waals surface area contributed by atoms with E-state index in [4.69, 9.17) is 27.2 Å². The van der Waals surface area contributed by atoms with Crippen molar-refractivity contribution in [2.75, 3.05) is 29.5 Å². The summed E-state index contributed by atoms with van der Waals surface area (Å²) < 4.78 is 0. The van der Waals surface area contributed by atoms with Crippen molar-refractivity contribution in [3.05, 3.63) is 29.5 Å². The third kappa shape index (κ3) is 3.14. The van der Waals surface area contributed by atoms with E-state index in [1.165, 1.54) is 0 Å². The fraction of sp³-hybridized carbons (Fsp3) is 0.444. The second-order valence-corrected chi connectivity index (χ2v) is 6.55. The predicted molar refractivity (Wildman–Crippen MR) is 99.8 cm³/mol. The van der Waals surface area contributed by atoms with Gasteiger partial charge >= 0.3 is 0 Å². The summed E-state index contributed by atoms with van der Waals surface area (Å²) in [5.74, 6) is 1.52. The monoisotopic (exact) mass is 326 g/mol. The average Bonchev–Trinajstić information content (AvgIpc) is 2.98. The number of anilines is 3. The zero-order chi connectivity index (χ0) is 17.3. The number of nitrogens with zero attached hydrogens (tertiary/aromatic N) is 3. The Bertz CT molecular complexity index is 743. The van der Waals surface area contributed by atoms with Gasteiger partial charge in [0.1, 0.15) is 5.82 Å². The molecule has 1 saturated heterocycles. The summed E-state index contributed by atoms with van der Waals surface area (Å²) in [5, 5.41) is 0. The highest BCUT2D eigenvalue weighted by Gasteiger charge is 2.22. The molecule has 1 aliphatic heterocycles. The lowest BCUT2D eigenvalue weighted by Gasteiger charge is -2.19. The molecule has 0 amide bonds. The largest absolute Gasteiger partial charge is 0.398 e. The van der Waals surface area contributed by atoms with Crippen LogP contribution in [-0.2, 0) is 6.42 Å². The molecule has 0 aliphatic carbocycles. The topological polar surface area (TPSA) is 107 Å². The summed E-state index contributed by atoms with van der Waals surface area (Å²) in [6.45, 7) is 5.85. The zero-order valence-corrected chi connectivity index (χ0v) is 14.4. The smallest absolute Gasteiger partial charge is 0.165 e. The van der Waals surface area contributed by atoms with E-state index in [0.717, 1.165) is 55.0 Å². The van der Waals surface area contributed by atoms with E-state index in [2.05, 4.69) is 17.9 Å². The van der Waals surface area contributed by atoms with E-state index in [-0.39, 0.29) is 6.04 Å². The standard InChI is InChI=1S/C18H26N6/c1-3-4-13-9-15(24-8-7-12(19)10-24)23-18(22-13)16-14(20)6-5-11(2)17(16)21/h5-6,9,12H,3-4,7-8,10,19-21H2,1-2H3. The Morgan fingerprint density at radius 3 is 2.71 bits per heavy atom. The van der Waals surface area contributed by atoms with Crippen molar-refractivity contribution >= 4 is 17.2 Å². The maximum absolute atomic E-state index is 6.27. The first kappa shape index (κ1) is 16.5. The summed E-state index contributed by atoms with van der Waals surface area (Å²) in [6, 6.07) is 6.05. The molecule has 0 bridgehead atoms. The Kier molecular flexibility index (Phi) is 4.57. The van der Waals surface area contributed by atoms with Crippen LogP contribution in [0.3, 0.4) is 0 Å². The van der Waals surface area contributed by atoms with Gasteiger partial charge in [-0.25, -0.2) is 9.97 Å². The van der Waals surface area contributed by atoms with Gasteiger partial charge in [0, 0.05) is 42.3 Å². The molecule has 0 spiro atoms. The first-order chi connectivity index (χ1) is 11.5. The first-order valence-electron chi connectivity index (χ1n) is 8.53. The van der Waals surface area contributed by atoms with Gasteiger partial charge in [0.15, 0.2) is 5.82 Å². The molecule has 1 atom stereocenters. The van der Waals surface area contributed by atoms with Crippen molar-refractivity contribution in [1.82, 2.24) is 9.97 Å². The second-order valence-electron chi connectivity index (χ2n) is 6.55. The molecular weight excluding hydrogens is 300 g/mol. The third-order valence-electron chi connectivity index (χ3n) is 4.54. The van der Waals surface area contributed by atoms with Crippen LogP contribution in [0.5, 0.6) is 0 Å². The van der Waals surface area contributed by atoms with Crippen molar-refractivity contribution in [3.63, 3.8) is 0 Å². The molecule has 0 radical (unpaired) electrons. The number of nitrogens with two attached hydrogens (primary N) is 3. The lowest BCUT2D eigenvalue weighted by Crippen LogP contribution is -2.27. The third-order valence-corrected chi connectivity index (χ3v) is 4.54. The van der Waals surface area contributed by atoms with E-state index in [1.54, 1.807) is 0 Å². The van der Waals surface area contributed by atoms with Crippen LogP contribution in [0.1, 0.15) is 31.0 Å². The van der Waals surface area contributed by atoms with Gasteiger partial charge < -0.3 is 22.1 Å². The second kappa shape index (κ2) is 6.65. The number of aryl methyl sites for hydroxylation is 2. The molecule has 6 N–H and O–H groups in total. The minimum absolute atomic E-state index is 0.201. The summed E-state index contributed by atoms with van der Waals surface area (Å²) in [7, 11) is 0. The highest BCUT2D eigenvalue weighted by Crippen LogP contribution is 2.33. The van der Waals surface area contributed by atoms with Gasteiger partial charge in [-0.15, -0.1) is 0 Å². The predicted octanol–water partition coefficient (Wildman–Crippen LogP) is 2.11. The minimum atomic E-state index is 0.201. The van der Waals surface area contributed by atoms with E-state index >= 15 is 0 Å². The number of hydrogen-bond acceptors (Lipinski definition) is 6. The molecule has 0 saturated carbocycles. The SMILES string of the molecule is CCCc1cc(N2CCC(N)C2)nc(-c2c(N)ccc(C)c2N)n1. The lowest BCUT2D eigenvalue weighted by atomic mass is 10.1. The van der Waals surface area contributed by atoms with Gasteiger partial charge in [0.2, 0.25) is 0 Å². The molecule has 2 aromatic rings. The molecule has 1 unspecified atom stereocenters. The van der Waals surface area contributed by atoms with Crippen molar-refractivity contribution in [2.45, 2.75) is 39.2 Å². The highest BCUT2D eigenvalue weighted by atomic mass is 15.2. The molecule has 6 heteroatoms. The molecule has 3 rings (SSSR count). The Morgan fingerprint density at radius 2 is 2.04 bits per heavy atom. The molecular formula is C18H26N6. The van der Waals surface area contributed by atoms with Crippen LogP contribution in [0, 0.1) is 6.92 Å². The van der Waals surface area contributed by atoms with Crippen molar-refractivity contribution in [2.24, 2.45) is 5.73 Å². The first-order valence-corrected chi connectivity index (χ1v) is 8.53. The van der Waals surface area contributed by atoms with Crippen LogP contribution >= 0.6 is 0 Å². The average molecular weight is 326 g/mol. The van der Waals surface area contributed by atoms with Crippen LogP contribution in [0.15, 0.2) is 18.2 Å². The molecule has 2 heterocycles. The maximum atomic E-state index is 6.27. The molecule has 6 nitrogen and oxygen atoms in total. The molecule has 1 aromatic heterocycles. The van der Waals surface area contributed by atoms with Crippen molar-refractivity contribution < 1.29 is 0 Å². The van der Waals surface area contributed by atoms with Gasteiger partial charge in [-0.05, 0) is 31.4 Å². The Balaban J connectivity index is 2.11. The Morgan fingerprint density at radius 1 is 1.25 bits per heavy atom. The number of benzene rings is 1. The zero-order valence-electron chi connectivity index (χ0n) is 14.4. The molecule has 1 fully saturated rings. The molecule has 128 valence electrons. The molecule has 24 heavy (non-hydrogen) atoms. The van der Waals surface area contributed by atoms with Gasteiger partial charge in [-0.3, -0.25) is 0 Å². The van der Waals surface area contributed by atoms with E-state index < -0.39 is 0 Å². The quantitative estimate of drug-likeness (QED) is 0.743. The fourth-order valence-corrected chi connectivity index (χ4v) is 3.13. The van der Waals surface area contributed by atoms with Crippen molar-refractivity contribution in [1.29, 1.82) is 0 Å². The Labute approximate surface area is 143 Å². The van der Waals surface area contributed by atoms with Crippen molar-refractivity contribution in [3.8, 4) is 11.4 Å². The lowest BCUT2D eigenvalue weighted by molar-refractivity contribution is 0.751. The summed E-state index contributed by atoms with van der Waals surface area (Å²) in [5.41, 5.74) is 22.5. The maximum Gasteiger partial charge on any atom is 0.165 e. The summed E-state index contributed by atoms with van der Waals surface area (Å²) in [4.78, 5) is 11.7. The van der Waals surface area contributed by atoms with E-state index in [1.807, 2.05) is 19.1 Å². The van der Waals surface area contributed by atoms with Crippen LogP contribution in [0.25, 0.3) is 11.4 Å². The Hall–Kier alpha value is -2.34. The van der Waals surface area contributed by atoms with E-state index in [9.17, 15) is 0 Å². The highest BCUT2D eigenvalue weighted by molar-refractivity contribution is 5.85. The van der Waals surface area contributed by atoms with Crippen LogP contribution < -0.4 is 22.1 Å².